The molecule has 0 unspecified atom stereocenters. The van der Waals surface area contributed by atoms with Gasteiger partial charge in [-0.05, 0) is 61.0 Å². The lowest BCUT2D eigenvalue weighted by molar-refractivity contribution is 0.101. The van der Waals surface area contributed by atoms with E-state index in [9.17, 15) is 14.0 Å². The van der Waals surface area contributed by atoms with Crippen LogP contribution in [0.25, 0.3) is 0 Å². The Morgan fingerprint density at radius 1 is 0.893 bits per heavy atom. The van der Waals surface area contributed by atoms with Gasteiger partial charge in [0.25, 0.3) is 11.8 Å². The average Bonchev–Trinajstić information content (AvgIpc) is 2.69. The van der Waals surface area contributed by atoms with E-state index in [0.717, 1.165) is 5.56 Å². The van der Waals surface area contributed by atoms with Crippen LogP contribution < -0.4 is 15.4 Å². The van der Waals surface area contributed by atoms with Crippen molar-refractivity contribution in [3.8, 4) is 5.75 Å². The molecule has 0 saturated heterocycles. The van der Waals surface area contributed by atoms with Gasteiger partial charge in [0.05, 0.1) is 12.8 Å². The van der Waals surface area contributed by atoms with Crippen molar-refractivity contribution in [1.82, 2.24) is 0 Å². The molecular weight excluding hydrogens is 359 g/mol. The molecule has 3 rings (SSSR count). The molecular formula is C22H19FN2O3. The first kappa shape index (κ1) is 19.1. The van der Waals surface area contributed by atoms with E-state index in [1.54, 1.807) is 30.3 Å². The molecule has 0 aromatic heterocycles. The highest BCUT2D eigenvalue weighted by Gasteiger charge is 2.13. The zero-order valence-electron chi connectivity index (χ0n) is 15.5. The Morgan fingerprint density at radius 2 is 1.61 bits per heavy atom. The summed E-state index contributed by atoms with van der Waals surface area (Å²) in [6, 6.07) is 17.4. The number of methoxy groups -OCH3 is 1. The standard InChI is InChI=1S/C22H19FN2O3/c1-14-5-3-4-6-18(14)22(27)25-19-13-17(11-12-20(19)28-2)24-21(26)15-7-9-16(23)10-8-15/h3-13H,1-2H3,(H,24,26)(H,25,27). The summed E-state index contributed by atoms with van der Waals surface area (Å²) in [5.41, 5.74) is 2.61. The lowest BCUT2D eigenvalue weighted by Gasteiger charge is -2.13. The zero-order valence-corrected chi connectivity index (χ0v) is 15.5. The molecule has 3 aromatic carbocycles. The fourth-order valence-electron chi connectivity index (χ4n) is 2.71. The molecule has 2 N–H and O–H groups in total. The van der Waals surface area contributed by atoms with Crippen LogP contribution in [0, 0.1) is 12.7 Å². The van der Waals surface area contributed by atoms with E-state index < -0.39 is 5.82 Å². The Morgan fingerprint density at radius 3 is 2.29 bits per heavy atom. The number of ether oxygens (including phenoxy) is 1. The quantitative estimate of drug-likeness (QED) is 0.679. The number of carbonyl (C=O) groups excluding carboxylic acids is 2. The van der Waals surface area contributed by atoms with E-state index in [4.69, 9.17) is 4.74 Å². The van der Waals surface area contributed by atoms with Crippen LogP contribution in [-0.2, 0) is 0 Å². The van der Waals surface area contributed by atoms with Gasteiger partial charge in [0, 0.05) is 16.8 Å². The monoisotopic (exact) mass is 378 g/mol. The molecule has 0 saturated carbocycles. The van der Waals surface area contributed by atoms with Crippen molar-refractivity contribution in [3.05, 3.63) is 89.2 Å². The molecule has 2 amide bonds. The number of aryl methyl sites for hydroxylation is 1. The molecule has 5 nitrogen and oxygen atoms in total. The Kier molecular flexibility index (Phi) is 5.69. The second-order valence-corrected chi connectivity index (χ2v) is 6.15. The summed E-state index contributed by atoms with van der Waals surface area (Å²) in [6.45, 7) is 1.85. The summed E-state index contributed by atoms with van der Waals surface area (Å²) < 4.78 is 18.3. The van der Waals surface area contributed by atoms with E-state index in [2.05, 4.69) is 10.6 Å². The van der Waals surface area contributed by atoms with Crippen LogP contribution in [-0.4, -0.2) is 18.9 Å². The Hall–Kier alpha value is -3.67. The van der Waals surface area contributed by atoms with Gasteiger partial charge in [-0.2, -0.15) is 0 Å². The minimum Gasteiger partial charge on any atom is -0.495 e. The fourth-order valence-corrected chi connectivity index (χ4v) is 2.71. The second kappa shape index (κ2) is 8.35. The molecule has 0 heterocycles. The van der Waals surface area contributed by atoms with Crippen molar-refractivity contribution in [1.29, 1.82) is 0 Å². The zero-order chi connectivity index (χ0) is 20.1. The molecule has 0 fully saturated rings. The van der Waals surface area contributed by atoms with Crippen molar-refractivity contribution in [2.75, 3.05) is 17.7 Å². The molecule has 0 spiro atoms. The van der Waals surface area contributed by atoms with Crippen LogP contribution in [0.2, 0.25) is 0 Å². The fraction of sp³-hybridized carbons (Fsp3) is 0.0909. The largest absolute Gasteiger partial charge is 0.495 e. The molecule has 142 valence electrons. The van der Waals surface area contributed by atoms with Crippen molar-refractivity contribution in [3.63, 3.8) is 0 Å². The highest BCUT2D eigenvalue weighted by Crippen LogP contribution is 2.29. The molecule has 3 aromatic rings. The van der Waals surface area contributed by atoms with Crippen molar-refractivity contribution in [2.24, 2.45) is 0 Å². The van der Waals surface area contributed by atoms with Gasteiger partial charge in [-0.25, -0.2) is 4.39 Å². The maximum atomic E-state index is 13.0. The van der Waals surface area contributed by atoms with Gasteiger partial charge in [0.15, 0.2) is 0 Å². The van der Waals surface area contributed by atoms with Gasteiger partial charge in [0.1, 0.15) is 11.6 Å². The van der Waals surface area contributed by atoms with Crippen molar-refractivity contribution in [2.45, 2.75) is 6.92 Å². The van der Waals surface area contributed by atoms with Gasteiger partial charge in [-0.1, -0.05) is 18.2 Å². The first-order chi connectivity index (χ1) is 13.5. The van der Waals surface area contributed by atoms with Crippen LogP contribution in [0.3, 0.4) is 0 Å². The maximum absolute atomic E-state index is 13.0. The van der Waals surface area contributed by atoms with Crippen molar-refractivity contribution < 1.29 is 18.7 Å². The highest BCUT2D eigenvalue weighted by atomic mass is 19.1. The van der Waals surface area contributed by atoms with E-state index in [1.807, 2.05) is 19.1 Å². The first-order valence-corrected chi connectivity index (χ1v) is 8.60. The minimum atomic E-state index is -0.415. The van der Waals surface area contributed by atoms with E-state index in [1.165, 1.54) is 31.4 Å². The highest BCUT2D eigenvalue weighted by molar-refractivity contribution is 6.07. The summed E-state index contributed by atoms with van der Waals surface area (Å²) in [7, 11) is 1.50. The van der Waals surface area contributed by atoms with Crippen LogP contribution in [0.15, 0.2) is 66.7 Å². The number of benzene rings is 3. The molecule has 6 heteroatoms. The van der Waals surface area contributed by atoms with E-state index in [-0.39, 0.29) is 11.8 Å². The number of carbonyl (C=O) groups is 2. The Labute approximate surface area is 162 Å². The third-order valence-corrected chi connectivity index (χ3v) is 4.20. The first-order valence-electron chi connectivity index (χ1n) is 8.60. The SMILES string of the molecule is COc1ccc(NC(=O)c2ccc(F)cc2)cc1NC(=O)c1ccccc1C. The van der Waals surface area contributed by atoms with Crippen molar-refractivity contribution >= 4 is 23.2 Å². The molecule has 0 bridgehead atoms. The Bertz CT molecular complexity index is 1020. The van der Waals surface area contributed by atoms with Crippen LogP contribution in [0.1, 0.15) is 26.3 Å². The number of amides is 2. The predicted molar refractivity (Wildman–Crippen MR) is 106 cm³/mol. The summed E-state index contributed by atoms with van der Waals surface area (Å²) in [6.07, 6.45) is 0. The normalized spacial score (nSPS) is 10.2. The Balaban J connectivity index is 1.82. The number of anilines is 2. The van der Waals surface area contributed by atoms with Gasteiger partial charge in [-0.15, -0.1) is 0 Å². The summed E-state index contributed by atoms with van der Waals surface area (Å²) in [5.74, 6) is -0.622. The van der Waals surface area contributed by atoms with Gasteiger partial charge in [-0.3, -0.25) is 9.59 Å². The topological polar surface area (TPSA) is 67.4 Å². The van der Waals surface area contributed by atoms with Crippen LogP contribution in [0.5, 0.6) is 5.75 Å². The van der Waals surface area contributed by atoms with Gasteiger partial charge >= 0.3 is 0 Å². The number of nitrogens with one attached hydrogen (secondary N) is 2. The van der Waals surface area contributed by atoms with Gasteiger partial charge < -0.3 is 15.4 Å². The van der Waals surface area contributed by atoms with Crippen LogP contribution >= 0.6 is 0 Å². The third-order valence-electron chi connectivity index (χ3n) is 4.20. The molecule has 0 aliphatic carbocycles. The number of hydrogen-bond acceptors (Lipinski definition) is 3. The second-order valence-electron chi connectivity index (χ2n) is 6.15. The molecule has 28 heavy (non-hydrogen) atoms. The number of halogens is 1. The summed E-state index contributed by atoms with van der Waals surface area (Å²) >= 11 is 0. The smallest absolute Gasteiger partial charge is 0.256 e. The number of rotatable bonds is 5. The van der Waals surface area contributed by atoms with E-state index >= 15 is 0 Å². The maximum Gasteiger partial charge on any atom is 0.256 e. The van der Waals surface area contributed by atoms with Crippen LogP contribution in [0.4, 0.5) is 15.8 Å². The number of hydrogen-bond donors (Lipinski definition) is 2. The molecule has 0 atom stereocenters. The molecule has 0 aliphatic heterocycles. The average molecular weight is 378 g/mol. The predicted octanol–water partition coefficient (Wildman–Crippen LogP) is 4.65. The minimum absolute atomic E-state index is 0.279. The third kappa shape index (κ3) is 4.35. The van der Waals surface area contributed by atoms with Gasteiger partial charge in [0.2, 0.25) is 0 Å². The lowest BCUT2D eigenvalue weighted by Crippen LogP contribution is -2.15. The lowest BCUT2D eigenvalue weighted by atomic mass is 10.1. The summed E-state index contributed by atoms with van der Waals surface area (Å²) in [4.78, 5) is 24.9. The summed E-state index contributed by atoms with van der Waals surface area (Å²) in [5, 5.41) is 5.54. The molecule has 0 radical (unpaired) electrons. The van der Waals surface area contributed by atoms with E-state index in [0.29, 0.717) is 28.3 Å². The molecule has 0 aliphatic rings.